The summed E-state index contributed by atoms with van der Waals surface area (Å²) in [5.74, 6) is 0.724. The number of allylic oxidation sites excluding steroid dienone is 3. The fourth-order valence-electron chi connectivity index (χ4n) is 1.42. The number of H-pyrrole nitrogens is 1. The van der Waals surface area contributed by atoms with Gasteiger partial charge in [-0.1, -0.05) is 6.08 Å². The lowest BCUT2D eigenvalue weighted by atomic mass is 10.2. The van der Waals surface area contributed by atoms with Crippen molar-refractivity contribution in [3.8, 4) is 0 Å². The Hall–Kier alpha value is -1.81. The van der Waals surface area contributed by atoms with E-state index in [1.54, 1.807) is 0 Å². The van der Waals surface area contributed by atoms with E-state index in [0.717, 1.165) is 22.5 Å². The van der Waals surface area contributed by atoms with Gasteiger partial charge in [0, 0.05) is 11.9 Å². The highest BCUT2D eigenvalue weighted by Crippen LogP contribution is 2.23. The number of fused-ring (bicyclic) bond motifs is 1. The summed E-state index contributed by atoms with van der Waals surface area (Å²) >= 11 is 5.81. The molecule has 0 atom stereocenters. The number of anilines is 1. The fourth-order valence-corrected chi connectivity index (χ4v) is 1.59. The van der Waals surface area contributed by atoms with Gasteiger partial charge in [-0.15, -0.1) is 0 Å². The number of hydrogen-bond acceptors (Lipinski definition) is 3. The van der Waals surface area contributed by atoms with Gasteiger partial charge in [-0.05, 0) is 29.8 Å². The topological polar surface area (TPSA) is 53.6 Å². The van der Waals surface area contributed by atoms with Crippen molar-refractivity contribution in [3.05, 3.63) is 41.5 Å². The van der Waals surface area contributed by atoms with E-state index in [1.165, 1.54) is 0 Å². The van der Waals surface area contributed by atoms with Gasteiger partial charge in [0.05, 0.1) is 5.39 Å². The van der Waals surface area contributed by atoms with E-state index >= 15 is 0 Å². The van der Waals surface area contributed by atoms with Crippen LogP contribution in [0.2, 0.25) is 5.28 Å². The highest BCUT2D eigenvalue weighted by Gasteiger charge is 2.08. The maximum atomic E-state index is 5.81. The summed E-state index contributed by atoms with van der Waals surface area (Å²) in [6.07, 6.45) is 7.70. The van der Waals surface area contributed by atoms with E-state index in [2.05, 4.69) is 20.3 Å². The zero-order valence-corrected chi connectivity index (χ0v) is 8.42. The van der Waals surface area contributed by atoms with Crippen LogP contribution in [0.5, 0.6) is 0 Å². The largest absolute Gasteiger partial charge is 0.346 e. The van der Waals surface area contributed by atoms with E-state index < -0.39 is 0 Å². The Labute approximate surface area is 90.7 Å². The molecule has 0 amide bonds. The second kappa shape index (κ2) is 3.10. The molecule has 0 saturated carbocycles. The van der Waals surface area contributed by atoms with Gasteiger partial charge in [-0.3, -0.25) is 0 Å². The standard InChI is InChI=1S/C10H7ClN4/c11-10-14-8-7(4-5-12-8)9(15-10)13-6-2-1-3-6/h1-5H,(H2,12,13,14,15). The molecule has 0 unspecified atom stereocenters. The Kier molecular flexibility index (Phi) is 1.76. The highest BCUT2D eigenvalue weighted by atomic mass is 35.5. The third kappa shape index (κ3) is 1.39. The fraction of sp³-hybridized carbons (Fsp3) is 0. The maximum Gasteiger partial charge on any atom is 0.226 e. The van der Waals surface area contributed by atoms with Crippen LogP contribution in [-0.2, 0) is 0 Å². The SMILES string of the molecule is Clc1nc(NC2=CC=C2)c2cc[nH]c2n1. The van der Waals surface area contributed by atoms with Gasteiger partial charge in [0.15, 0.2) is 0 Å². The van der Waals surface area contributed by atoms with Crippen molar-refractivity contribution >= 4 is 28.5 Å². The van der Waals surface area contributed by atoms with E-state index in [0.29, 0.717) is 0 Å². The van der Waals surface area contributed by atoms with Gasteiger partial charge in [-0.2, -0.15) is 9.97 Å². The number of nitrogens with one attached hydrogen (secondary N) is 2. The molecule has 5 heteroatoms. The first-order valence-corrected chi connectivity index (χ1v) is 4.87. The molecule has 0 bridgehead atoms. The summed E-state index contributed by atoms with van der Waals surface area (Å²) in [6, 6.07) is 1.91. The molecule has 74 valence electrons. The average molecular weight is 219 g/mol. The van der Waals surface area contributed by atoms with Crippen LogP contribution in [0.25, 0.3) is 11.0 Å². The van der Waals surface area contributed by atoms with E-state index in [-0.39, 0.29) is 5.28 Å². The Morgan fingerprint density at radius 1 is 1.33 bits per heavy atom. The Morgan fingerprint density at radius 2 is 2.20 bits per heavy atom. The minimum Gasteiger partial charge on any atom is -0.346 e. The first kappa shape index (κ1) is 8.49. The van der Waals surface area contributed by atoms with Crippen LogP contribution >= 0.6 is 11.6 Å². The van der Waals surface area contributed by atoms with Crippen molar-refractivity contribution in [2.75, 3.05) is 5.32 Å². The zero-order chi connectivity index (χ0) is 10.3. The number of rotatable bonds is 2. The third-order valence-electron chi connectivity index (χ3n) is 2.20. The molecule has 2 aromatic heterocycles. The number of aromatic nitrogens is 3. The number of halogens is 1. The van der Waals surface area contributed by atoms with Crippen LogP contribution in [0, 0.1) is 0 Å². The predicted molar refractivity (Wildman–Crippen MR) is 59.7 cm³/mol. The van der Waals surface area contributed by atoms with E-state index in [1.807, 2.05) is 30.5 Å². The molecular weight excluding hydrogens is 212 g/mol. The van der Waals surface area contributed by atoms with Crippen molar-refractivity contribution in [1.29, 1.82) is 0 Å². The van der Waals surface area contributed by atoms with Crippen LogP contribution in [0.15, 0.2) is 36.2 Å². The summed E-state index contributed by atoms with van der Waals surface area (Å²) < 4.78 is 0. The van der Waals surface area contributed by atoms with Gasteiger partial charge >= 0.3 is 0 Å². The van der Waals surface area contributed by atoms with Crippen LogP contribution in [-0.4, -0.2) is 15.0 Å². The van der Waals surface area contributed by atoms with Crippen molar-refractivity contribution < 1.29 is 0 Å². The van der Waals surface area contributed by atoms with Crippen LogP contribution < -0.4 is 5.32 Å². The summed E-state index contributed by atoms with van der Waals surface area (Å²) in [6.45, 7) is 0. The van der Waals surface area contributed by atoms with Crippen molar-refractivity contribution in [1.82, 2.24) is 15.0 Å². The molecule has 4 nitrogen and oxygen atoms in total. The van der Waals surface area contributed by atoms with Gasteiger partial charge in [0.1, 0.15) is 11.5 Å². The van der Waals surface area contributed by atoms with Gasteiger partial charge < -0.3 is 10.3 Å². The van der Waals surface area contributed by atoms with E-state index in [4.69, 9.17) is 11.6 Å². The highest BCUT2D eigenvalue weighted by molar-refractivity contribution is 6.28. The number of hydrogen-bond donors (Lipinski definition) is 2. The van der Waals surface area contributed by atoms with Gasteiger partial charge in [0.2, 0.25) is 5.28 Å². The number of aromatic amines is 1. The molecule has 0 aromatic carbocycles. The summed E-state index contributed by atoms with van der Waals surface area (Å²) in [5, 5.41) is 4.33. The quantitative estimate of drug-likeness (QED) is 0.762. The molecule has 0 fully saturated rings. The average Bonchev–Trinajstić information content (AvgIpc) is 2.58. The molecule has 1 aliphatic carbocycles. The Balaban J connectivity index is 2.10. The molecule has 0 aliphatic heterocycles. The summed E-state index contributed by atoms with van der Waals surface area (Å²) in [4.78, 5) is 11.2. The molecule has 0 radical (unpaired) electrons. The second-order valence-electron chi connectivity index (χ2n) is 3.19. The summed E-state index contributed by atoms with van der Waals surface area (Å²) in [7, 11) is 0. The third-order valence-corrected chi connectivity index (χ3v) is 2.37. The van der Waals surface area contributed by atoms with E-state index in [9.17, 15) is 0 Å². The van der Waals surface area contributed by atoms with Crippen molar-refractivity contribution in [2.45, 2.75) is 0 Å². The molecule has 2 N–H and O–H groups in total. The van der Waals surface area contributed by atoms with Crippen molar-refractivity contribution in [2.24, 2.45) is 0 Å². The maximum absolute atomic E-state index is 5.81. The smallest absolute Gasteiger partial charge is 0.226 e. The molecule has 0 saturated heterocycles. The first-order chi connectivity index (χ1) is 7.33. The zero-order valence-electron chi connectivity index (χ0n) is 7.66. The molecule has 0 spiro atoms. The van der Waals surface area contributed by atoms with Crippen LogP contribution in [0.1, 0.15) is 0 Å². The molecule has 1 aliphatic rings. The van der Waals surface area contributed by atoms with Gasteiger partial charge in [-0.25, -0.2) is 0 Å². The van der Waals surface area contributed by atoms with Crippen molar-refractivity contribution in [3.63, 3.8) is 0 Å². The summed E-state index contributed by atoms with van der Waals surface area (Å²) in [5.41, 5.74) is 1.76. The van der Waals surface area contributed by atoms with Crippen LogP contribution in [0.3, 0.4) is 0 Å². The molecular formula is C10H7ClN4. The normalized spacial score (nSPS) is 13.8. The Bertz CT molecular complexity index is 582. The minimum absolute atomic E-state index is 0.233. The van der Waals surface area contributed by atoms with Crippen LogP contribution in [0.4, 0.5) is 5.82 Å². The first-order valence-electron chi connectivity index (χ1n) is 4.49. The second-order valence-corrected chi connectivity index (χ2v) is 3.53. The lowest BCUT2D eigenvalue weighted by Gasteiger charge is -2.10. The molecule has 3 rings (SSSR count). The molecule has 2 heterocycles. The lowest BCUT2D eigenvalue weighted by molar-refractivity contribution is 1.19. The lowest BCUT2D eigenvalue weighted by Crippen LogP contribution is -2.03. The molecule has 2 aromatic rings. The number of nitrogens with zero attached hydrogens (tertiary/aromatic N) is 2. The predicted octanol–water partition coefficient (Wildman–Crippen LogP) is 2.48. The Morgan fingerprint density at radius 3 is 2.93 bits per heavy atom. The monoisotopic (exact) mass is 218 g/mol. The minimum atomic E-state index is 0.233. The van der Waals surface area contributed by atoms with Gasteiger partial charge in [0.25, 0.3) is 0 Å². The molecule has 15 heavy (non-hydrogen) atoms.